The lowest BCUT2D eigenvalue weighted by atomic mass is 10.4. The first-order valence-electron chi connectivity index (χ1n) is 2.57. The van der Waals surface area contributed by atoms with Crippen LogP contribution < -0.4 is 5.32 Å². The van der Waals surface area contributed by atoms with Crippen LogP contribution in [0.4, 0.5) is 0 Å². The highest BCUT2D eigenvalue weighted by atomic mass is 16.3. The van der Waals surface area contributed by atoms with Crippen molar-refractivity contribution in [3.05, 3.63) is 0 Å². The first kappa shape index (κ1) is 6.92. The van der Waals surface area contributed by atoms with Crippen LogP contribution in [0.15, 0.2) is 0 Å². The number of aliphatic hydroxyl groups excluding tert-OH is 1. The highest BCUT2D eigenvalue weighted by molar-refractivity contribution is 4.50. The zero-order valence-electron chi connectivity index (χ0n) is 5.10. The average Bonchev–Trinajstić information content (AvgIpc) is 1.27. The Morgan fingerprint density at radius 3 is 1.71 bits per heavy atom. The second-order valence-corrected chi connectivity index (χ2v) is 2.00. The molecule has 0 aromatic rings. The minimum absolute atomic E-state index is 0.375. The lowest BCUT2D eigenvalue weighted by Gasteiger charge is -2.09. The summed E-state index contributed by atoms with van der Waals surface area (Å²) in [7, 11) is 0. The number of rotatable bonds is 2. The molecule has 1 atom stereocenters. The Kier molecular flexibility index (Phi) is 2.96. The van der Waals surface area contributed by atoms with Gasteiger partial charge in [-0.2, -0.15) is 0 Å². The first-order chi connectivity index (χ1) is 3.13. The van der Waals surface area contributed by atoms with Crippen LogP contribution in [0.25, 0.3) is 0 Å². The molecule has 0 aliphatic heterocycles. The van der Waals surface area contributed by atoms with Gasteiger partial charge >= 0.3 is 0 Å². The predicted molar refractivity (Wildman–Crippen MR) is 30.0 cm³/mol. The molecule has 0 aromatic heterocycles. The summed E-state index contributed by atoms with van der Waals surface area (Å²) >= 11 is 0. The third-order valence-corrected chi connectivity index (χ3v) is 0.575. The average molecular weight is 103 g/mol. The molecule has 2 nitrogen and oxygen atoms in total. The van der Waals surface area contributed by atoms with Crippen molar-refractivity contribution in [2.75, 3.05) is 0 Å². The van der Waals surface area contributed by atoms with Gasteiger partial charge in [0, 0.05) is 6.04 Å². The number of hydrogen-bond donors (Lipinski definition) is 2. The van der Waals surface area contributed by atoms with E-state index >= 15 is 0 Å². The Morgan fingerprint density at radius 2 is 1.71 bits per heavy atom. The second-order valence-electron chi connectivity index (χ2n) is 2.00. The molecule has 0 bridgehead atoms. The fraction of sp³-hybridized carbons (Fsp3) is 1.00. The van der Waals surface area contributed by atoms with Crippen molar-refractivity contribution in [1.82, 2.24) is 5.32 Å². The Hall–Kier alpha value is -0.0800. The molecular weight excluding hydrogens is 90.1 g/mol. The molecule has 0 fully saturated rings. The van der Waals surface area contributed by atoms with Crippen molar-refractivity contribution in [2.24, 2.45) is 0 Å². The Morgan fingerprint density at radius 1 is 1.29 bits per heavy atom. The molecule has 0 saturated heterocycles. The summed E-state index contributed by atoms with van der Waals surface area (Å²) in [4.78, 5) is 0. The van der Waals surface area contributed by atoms with E-state index in [-0.39, 0.29) is 6.23 Å². The second kappa shape index (κ2) is 2.99. The van der Waals surface area contributed by atoms with E-state index in [2.05, 4.69) is 5.32 Å². The van der Waals surface area contributed by atoms with Gasteiger partial charge in [0.1, 0.15) is 6.23 Å². The summed E-state index contributed by atoms with van der Waals surface area (Å²) in [6.07, 6.45) is -0.375. The van der Waals surface area contributed by atoms with Gasteiger partial charge in [-0.15, -0.1) is 0 Å². The van der Waals surface area contributed by atoms with E-state index in [0.717, 1.165) is 0 Å². The lowest BCUT2D eigenvalue weighted by Crippen LogP contribution is -2.31. The van der Waals surface area contributed by atoms with Crippen LogP contribution in [-0.4, -0.2) is 17.4 Å². The van der Waals surface area contributed by atoms with Crippen LogP contribution in [0.5, 0.6) is 0 Å². The molecule has 0 saturated carbocycles. The fourth-order valence-corrected chi connectivity index (χ4v) is 0.482. The number of nitrogens with one attached hydrogen (secondary N) is 1. The van der Waals surface area contributed by atoms with E-state index in [4.69, 9.17) is 5.11 Å². The van der Waals surface area contributed by atoms with Gasteiger partial charge in [0.2, 0.25) is 0 Å². The van der Waals surface area contributed by atoms with Crippen molar-refractivity contribution in [3.8, 4) is 0 Å². The van der Waals surface area contributed by atoms with E-state index in [1.807, 2.05) is 13.8 Å². The maximum absolute atomic E-state index is 8.61. The molecule has 2 N–H and O–H groups in total. The van der Waals surface area contributed by atoms with E-state index < -0.39 is 0 Å². The molecule has 2 heteroatoms. The highest BCUT2D eigenvalue weighted by Crippen LogP contribution is 1.77. The van der Waals surface area contributed by atoms with Gasteiger partial charge in [-0.25, -0.2) is 0 Å². The van der Waals surface area contributed by atoms with Crippen molar-refractivity contribution in [2.45, 2.75) is 33.0 Å². The fourth-order valence-electron chi connectivity index (χ4n) is 0.482. The van der Waals surface area contributed by atoms with Gasteiger partial charge in [-0.1, -0.05) is 0 Å². The Balaban J connectivity index is 2.95. The van der Waals surface area contributed by atoms with E-state index in [1.54, 1.807) is 6.92 Å². The van der Waals surface area contributed by atoms with Gasteiger partial charge in [0.25, 0.3) is 0 Å². The van der Waals surface area contributed by atoms with E-state index in [9.17, 15) is 0 Å². The Labute approximate surface area is 44.5 Å². The highest BCUT2D eigenvalue weighted by Gasteiger charge is 1.93. The molecule has 44 valence electrons. The number of hydrogen-bond acceptors (Lipinski definition) is 2. The predicted octanol–water partition coefficient (Wildman–Crippen LogP) is 0.323. The molecule has 7 heavy (non-hydrogen) atoms. The van der Waals surface area contributed by atoms with Crippen LogP contribution >= 0.6 is 0 Å². The molecule has 0 aliphatic rings. The van der Waals surface area contributed by atoms with Crippen molar-refractivity contribution in [1.29, 1.82) is 0 Å². The van der Waals surface area contributed by atoms with Crippen LogP contribution in [-0.2, 0) is 0 Å². The molecule has 1 unspecified atom stereocenters. The molecule has 0 amide bonds. The quantitative estimate of drug-likeness (QED) is 0.493. The third kappa shape index (κ3) is 5.92. The van der Waals surface area contributed by atoms with Gasteiger partial charge in [0.05, 0.1) is 0 Å². The van der Waals surface area contributed by atoms with Crippen molar-refractivity contribution < 1.29 is 5.11 Å². The lowest BCUT2D eigenvalue weighted by molar-refractivity contribution is 0.146. The standard InChI is InChI=1S/C5H13NO/c1-4(2)6-5(3)7/h4-7H,1-3H3. The summed E-state index contributed by atoms with van der Waals surface area (Å²) in [5.41, 5.74) is 0. The van der Waals surface area contributed by atoms with Crippen molar-refractivity contribution in [3.63, 3.8) is 0 Å². The SMILES string of the molecule is CC(C)NC(C)O. The molecule has 0 rings (SSSR count). The monoisotopic (exact) mass is 103 g/mol. The number of aliphatic hydroxyl groups is 1. The zero-order chi connectivity index (χ0) is 5.86. The van der Waals surface area contributed by atoms with Gasteiger partial charge in [-0.3, -0.25) is 5.32 Å². The summed E-state index contributed by atoms with van der Waals surface area (Å²) in [6, 6.07) is 0.375. The molecule has 0 heterocycles. The van der Waals surface area contributed by atoms with Crippen LogP contribution in [0, 0.1) is 0 Å². The maximum Gasteiger partial charge on any atom is 0.102 e. The normalized spacial score (nSPS) is 15.0. The molecule has 0 radical (unpaired) electrons. The summed E-state index contributed by atoms with van der Waals surface area (Å²) in [5, 5.41) is 11.5. The van der Waals surface area contributed by atoms with E-state index in [1.165, 1.54) is 0 Å². The van der Waals surface area contributed by atoms with Crippen LogP contribution in [0.3, 0.4) is 0 Å². The molecule has 0 aliphatic carbocycles. The van der Waals surface area contributed by atoms with Gasteiger partial charge < -0.3 is 5.11 Å². The van der Waals surface area contributed by atoms with Crippen molar-refractivity contribution >= 4 is 0 Å². The van der Waals surface area contributed by atoms with Gasteiger partial charge in [-0.05, 0) is 20.8 Å². The van der Waals surface area contributed by atoms with Gasteiger partial charge in [0.15, 0.2) is 0 Å². The third-order valence-electron chi connectivity index (χ3n) is 0.575. The topological polar surface area (TPSA) is 32.3 Å². The molecular formula is C5H13NO. The summed E-state index contributed by atoms with van der Waals surface area (Å²) in [5.74, 6) is 0. The first-order valence-corrected chi connectivity index (χ1v) is 2.57. The summed E-state index contributed by atoms with van der Waals surface area (Å²) in [6.45, 7) is 5.69. The zero-order valence-corrected chi connectivity index (χ0v) is 5.10. The van der Waals surface area contributed by atoms with Crippen LogP contribution in [0.2, 0.25) is 0 Å². The Bertz CT molecular complexity index is 37.3. The minimum atomic E-state index is -0.375. The van der Waals surface area contributed by atoms with E-state index in [0.29, 0.717) is 6.04 Å². The molecule has 0 aromatic carbocycles. The van der Waals surface area contributed by atoms with Crippen LogP contribution in [0.1, 0.15) is 20.8 Å². The maximum atomic E-state index is 8.61. The smallest absolute Gasteiger partial charge is 0.102 e. The largest absolute Gasteiger partial charge is 0.379 e. The summed E-state index contributed by atoms with van der Waals surface area (Å²) < 4.78 is 0. The molecule has 0 spiro atoms. The minimum Gasteiger partial charge on any atom is -0.379 e.